The minimum atomic E-state index is -0.547. The molecule has 0 spiro atoms. The van der Waals surface area contributed by atoms with Crippen LogP contribution in [0.3, 0.4) is 0 Å². The van der Waals surface area contributed by atoms with Crippen molar-refractivity contribution in [1.82, 2.24) is 0 Å². The maximum absolute atomic E-state index is 11.9. The van der Waals surface area contributed by atoms with Gasteiger partial charge in [0, 0.05) is 17.8 Å². The molecule has 6 nitrogen and oxygen atoms in total. The van der Waals surface area contributed by atoms with Gasteiger partial charge < -0.3 is 15.8 Å². The molecule has 1 rings (SSSR count). The van der Waals surface area contributed by atoms with Crippen molar-refractivity contribution in [2.45, 2.75) is 26.2 Å². The van der Waals surface area contributed by atoms with Crippen LogP contribution in [0, 0.1) is 5.92 Å². The number of hydrogen-bond donors (Lipinski definition) is 3. The molecular formula is C15H23N3O3. The zero-order chi connectivity index (χ0) is 15.7. The molecule has 116 valence electrons. The fourth-order valence-electron chi connectivity index (χ4n) is 1.87. The van der Waals surface area contributed by atoms with Gasteiger partial charge in [-0.3, -0.25) is 10.1 Å². The third kappa shape index (κ3) is 6.76. The molecular weight excluding hydrogens is 270 g/mol. The standard InChI is InChI=1S/C15H23N3O3/c1-11(8-9-16)6-7-14(19)17-12-4-3-5-13(10-12)18-15(20)21-2/h3-5,10-11H,6-9,16H2,1-2H3,(H,17,19)(H,18,20). The molecule has 1 unspecified atom stereocenters. The van der Waals surface area contributed by atoms with Gasteiger partial charge in [0.05, 0.1) is 7.11 Å². The monoisotopic (exact) mass is 293 g/mol. The van der Waals surface area contributed by atoms with Crippen LogP contribution in [0.15, 0.2) is 24.3 Å². The van der Waals surface area contributed by atoms with E-state index in [-0.39, 0.29) is 5.91 Å². The van der Waals surface area contributed by atoms with Crippen LogP contribution in [0.2, 0.25) is 0 Å². The van der Waals surface area contributed by atoms with Crippen LogP contribution < -0.4 is 16.4 Å². The molecule has 0 radical (unpaired) electrons. The maximum atomic E-state index is 11.9. The number of nitrogens with two attached hydrogens (primary N) is 1. The number of hydrogen-bond acceptors (Lipinski definition) is 4. The number of nitrogens with one attached hydrogen (secondary N) is 2. The number of carbonyl (C=O) groups excluding carboxylic acids is 2. The predicted octanol–water partition coefficient (Wildman–Crippen LogP) is 2.57. The summed E-state index contributed by atoms with van der Waals surface area (Å²) in [6.45, 7) is 2.73. The second-order valence-electron chi connectivity index (χ2n) is 4.97. The molecule has 0 saturated carbocycles. The quantitative estimate of drug-likeness (QED) is 0.720. The number of benzene rings is 1. The summed E-state index contributed by atoms with van der Waals surface area (Å²) in [5, 5.41) is 5.35. The van der Waals surface area contributed by atoms with Gasteiger partial charge in [0.1, 0.15) is 0 Å². The van der Waals surface area contributed by atoms with Gasteiger partial charge in [-0.1, -0.05) is 13.0 Å². The lowest BCUT2D eigenvalue weighted by Crippen LogP contribution is -2.15. The number of methoxy groups -OCH3 is 1. The SMILES string of the molecule is COC(=O)Nc1cccc(NC(=O)CCC(C)CCN)c1. The van der Waals surface area contributed by atoms with Gasteiger partial charge in [0.25, 0.3) is 0 Å². The van der Waals surface area contributed by atoms with Gasteiger partial charge in [0.2, 0.25) is 5.91 Å². The topological polar surface area (TPSA) is 93.5 Å². The Morgan fingerprint density at radius 2 is 1.90 bits per heavy atom. The van der Waals surface area contributed by atoms with E-state index in [1.165, 1.54) is 7.11 Å². The van der Waals surface area contributed by atoms with Gasteiger partial charge in [0.15, 0.2) is 0 Å². The van der Waals surface area contributed by atoms with E-state index in [1.807, 2.05) is 0 Å². The normalized spacial score (nSPS) is 11.6. The highest BCUT2D eigenvalue weighted by atomic mass is 16.5. The first-order valence-corrected chi connectivity index (χ1v) is 7.00. The van der Waals surface area contributed by atoms with Crippen LogP contribution in [0.1, 0.15) is 26.2 Å². The Labute approximate surface area is 125 Å². The summed E-state index contributed by atoms with van der Waals surface area (Å²) in [5.74, 6) is 0.391. The Hall–Kier alpha value is -2.08. The average molecular weight is 293 g/mol. The molecule has 6 heteroatoms. The van der Waals surface area contributed by atoms with E-state index in [1.54, 1.807) is 24.3 Å². The zero-order valence-electron chi connectivity index (χ0n) is 12.5. The highest BCUT2D eigenvalue weighted by Crippen LogP contribution is 2.16. The first-order valence-electron chi connectivity index (χ1n) is 7.00. The number of ether oxygens (including phenoxy) is 1. The van der Waals surface area contributed by atoms with Crippen molar-refractivity contribution in [3.63, 3.8) is 0 Å². The summed E-state index contributed by atoms with van der Waals surface area (Å²) in [5.41, 5.74) is 6.69. The Morgan fingerprint density at radius 3 is 2.52 bits per heavy atom. The summed E-state index contributed by atoms with van der Waals surface area (Å²) in [4.78, 5) is 23.0. The van der Waals surface area contributed by atoms with E-state index in [4.69, 9.17) is 5.73 Å². The minimum Gasteiger partial charge on any atom is -0.453 e. The predicted molar refractivity (Wildman–Crippen MR) is 83.2 cm³/mol. The van der Waals surface area contributed by atoms with E-state index < -0.39 is 6.09 Å². The fourth-order valence-corrected chi connectivity index (χ4v) is 1.87. The lowest BCUT2D eigenvalue weighted by atomic mass is 10.0. The molecule has 1 aromatic rings. The van der Waals surface area contributed by atoms with Gasteiger partial charge >= 0.3 is 6.09 Å². The van der Waals surface area contributed by atoms with E-state index in [2.05, 4.69) is 22.3 Å². The molecule has 1 atom stereocenters. The molecule has 2 amide bonds. The Kier molecular flexibility index (Phi) is 7.25. The van der Waals surface area contributed by atoms with Crippen molar-refractivity contribution in [3.8, 4) is 0 Å². The van der Waals surface area contributed by atoms with E-state index in [0.717, 1.165) is 12.8 Å². The molecule has 0 heterocycles. The molecule has 0 saturated heterocycles. The van der Waals surface area contributed by atoms with E-state index >= 15 is 0 Å². The van der Waals surface area contributed by atoms with Gasteiger partial charge in [-0.15, -0.1) is 0 Å². The number of rotatable bonds is 7. The fraction of sp³-hybridized carbons (Fsp3) is 0.467. The Bertz CT molecular complexity index is 477. The highest BCUT2D eigenvalue weighted by Gasteiger charge is 2.07. The lowest BCUT2D eigenvalue weighted by Gasteiger charge is -2.11. The van der Waals surface area contributed by atoms with Gasteiger partial charge in [-0.2, -0.15) is 0 Å². The van der Waals surface area contributed by atoms with Crippen LogP contribution >= 0.6 is 0 Å². The summed E-state index contributed by atoms with van der Waals surface area (Å²) in [6.07, 6.45) is 1.64. The Balaban J connectivity index is 2.48. The second kappa shape index (κ2) is 8.97. The average Bonchev–Trinajstić information content (AvgIpc) is 2.45. The minimum absolute atomic E-state index is 0.0471. The number of anilines is 2. The smallest absolute Gasteiger partial charge is 0.411 e. The van der Waals surface area contributed by atoms with Crippen LogP contribution in [-0.4, -0.2) is 25.7 Å². The lowest BCUT2D eigenvalue weighted by molar-refractivity contribution is -0.116. The molecule has 0 aliphatic carbocycles. The number of carbonyl (C=O) groups is 2. The van der Waals surface area contributed by atoms with Crippen molar-refractivity contribution in [1.29, 1.82) is 0 Å². The van der Waals surface area contributed by atoms with Crippen molar-refractivity contribution in [3.05, 3.63) is 24.3 Å². The van der Waals surface area contributed by atoms with Gasteiger partial charge in [-0.25, -0.2) is 4.79 Å². The maximum Gasteiger partial charge on any atom is 0.411 e. The zero-order valence-corrected chi connectivity index (χ0v) is 12.5. The third-order valence-electron chi connectivity index (χ3n) is 3.10. The molecule has 4 N–H and O–H groups in total. The van der Waals surface area contributed by atoms with Gasteiger partial charge in [-0.05, 0) is 43.5 Å². The summed E-state index contributed by atoms with van der Waals surface area (Å²) in [7, 11) is 1.30. The number of amides is 2. The van der Waals surface area contributed by atoms with Crippen molar-refractivity contribution in [2.24, 2.45) is 11.7 Å². The molecule has 1 aromatic carbocycles. The Morgan fingerprint density at radius 1 is 1.24 bits per heavy atom. The highest BCUT2D eigenvalue weighted by molar-refractivity contribution is 5.92. The summed E-state index contributed by atoms with van der Waals surface area (Å²) in [6, 6.07) is 6.91. The van der Waals surface area contributed by atoms with Crippen LogP contribution in [0.25, 0.3) is 0 Å². The molecule has 0 bridgehead atoms. The van der Waals surface area contributed by atoms with Crippen LogP contribution in [0.5, 0.6) is 0 Å². The third-order valence-corrected chi connectivity index (χ3v) is 3.10. The first kappa shape index (κ1) is 17.0. The molecule has 0 fully saturated rings. The summed E-state index contributed by atoms with van der Waals surface area (Å²) < 4.78 is 4.52. The van der Waals surface area contributed by atoms with Crippen molar-refractivity contribution >= 4 is 23.4 Å². The molecule has 21 heavy (non-hydrogen) atoms. The second-order valence-corrected chi connectivity index (χ2v) is 4.97. The summed E-state index contributed by atoms with van der Waals surface area (Å²) >= 11 is 0. The largest absolute Gasteiger partial charge is 0.453 e. The van der Waals surface area contributed by atoms with E-state index in [9.17, 15) is 9.59 Å². The van der Waals surface area contributed by atoms with Crippen LogP contribution in [0.4, 0.5) is 16.2 Å². The molecule has 0 aliphatic rings. The van der Waals surface area contributed by atoms with E-state index in [0.29, 0.717) is 30.3 Å². The molecule has 0 aromatic heterocycles. The molecule has 0 aliphatic heterocycles. The van der Waals surface area contributed by atoms with Crippen molar-refractivity contribution in [2.75, 3.05) is 24.3 Å². The van der Waals surface area contributed by atoms with Crippen LogP contribution in [-0.2, 0) is 9.53 Å². The first-order chi connectivity index (χ1) is 10.0. The van der Waals surface area contributed by atoms with Crippen molar-refractivity contribution < 1.29 is 14.3 Å².